The van der Waals surface area contributed by atoms with Crippen LogP contribution < -0.4 is 5.32 Å². The van der Waals surface area contributed by atoms with Gasteiger partial charge in [-0.2, -0.15) is 0 Å². The molecule has 1 saturated heterocycles. The van der Waals surface area contributed by atoms with Crippen LogP contribution in [-0.2, 0) is 0 Å². The van der Waals surface area contributed by atoms with Crippen molar-refractivity contribution in [2.24, 2.45) is 5.41 Å². The Hall–Kier alpha value is -1.30. The Kier molecular flexibility index (Phi) is 19.9. The first-order chi connectivity index (χ1) is 14.5. The van der Waals surface area contributed by atoms with Crippen LogP contribution in [0.2, 0.25) is 0 Å². The second-order valence-corrected chi connectivity index (χ2v) is 9.38. The number of aromatic nitrogens is 2. The van der Waals surface area contributed by atoms with E-state index in [-0.39, 0.29) is 11.5 Å². The maximum atomic E-state index is 8.75. The van der Waals surface area contributed by atoms with E-state index in [2.05, 4.69) is 62.9 Å². The number of aliphatic hydroxyl groups is 2. The van der Waals surface area contributed by atoms with Gasteiger partial charge in [0, 0.05) is 24.5 Å². The highest BCUT2D eigenvalue weighted by atomic mass is 16.3. The minimum Gasteiger partial charge on any atom is -0.395 e. The van der Waals surface area contributed by atoms with E-state index < -0.39 is 0 Å². The molecule has 3 N–H and O–H groups in total. The molecule has 1 aliphatic heterocycles. The number of aryl methyl sites for hydroxylation is 1. The largest absolute Gasteiger partial charge is 0.395 e. The van der Waals surface area contributed by atoms with Crippen LogP contribution >= 0.6 is 0 Å². The van der Waals surface area contributed by atoms with Gasteiger partial charge in [0.2, 0.25) is 0 Å². The normalized spacial score (nSPS) is 16.6. The van der Waals surface area contributed by atoms with Gasteiger partial charge in [-0.1, -0.05) is 65.9 Å². The van der Waals surface area contributed by atoms with Crippen LogP contribution in [0.5, 0.6) is 0 Å². The summed E-state index contributed by atoms with van der Waals surface area (Å²) in [7, 11) is 0. The average Bonchev–Trinajstić information content (AvgIpc) is 2.98. The summed E-state index contributed by atoms with van der Waals surface area (Å²) in [6.07, 6.45) is 13.1. The molecule has 0 radical (unpaired) electrons. The van der Waals surface area contributed by atoms with E-state index >= 15 is 0 Å². The van der Waals surface area contributed by atoms with Crippen LogP contribution in [0.4, 0.5) is 0 Å². The van der Waals surface area contributed by atoms with Crippen molar-refractivity contribution in [3.8, 4) is 0 Å². The first-order valence-corrected chi connectivity index (χ1v) is 12.0. The highest BCUT2D eigenvalue weighted by Crippen LogP contribution is 2.26. The Morgan fingerprint density at radius 3 is 2.13 bits per heavy atom. The molecule has 1 aliphatic rings. The summed E-state index contributed by atoms with van der Waals surface area (Å²) >= 11 is 0. The molecule has 1 atom stereocenters. The molecular weight excluding hydrogens is 386 g/mol. The Balaban J connectivity index is 0. The predicted molar refractivity (Wildman–Crippen MR) is 135 cm³/mol. The first kappa shape index (κ1) is 31.9. The predicted octanol–water partition coefficient (Wildman–Crippen LogP) is 5.94. The lowest BCUT2D eigenvalue weighted by Gasteiger charge is -2.19. The van der Waals surface area contributed by atoms with Crippen molar-refractivity contribution >= 4 is 6.08 Å². The topological polar surface area (TPSA) is 78.3 Å². The standard InChI is InChI=1S/C12H18N2.C7H15NO.C4H10.C3H8O/c1-9(12(3,4)5)8-11-10(2)13-6-7-14-11;9-6-7-4-2-1-3-5-8-7;1-3-4-2;1-3(2)4/h6-8H,1-5H3;7-9H,1-6H2;3-4H2,1-2H3;3-4H,1-2H3/b9-8+;;;. The number of hydrogen-bond acceptors (Lipinski definition) is 5. The molecule has 0 amide bonds. The van der Waals surface area contributed by atoms with Gasteiger partial charge in [-0.15, -0.1) is 0 Å². The van der Waals surface area contributed by atoms with E-state index in [4.69, 9.17) is 10.2 Å². The van der Waals surface area contributed by atoms with Gasteiger partial charge in [-0.25, -0.2) is 0 Å². The van der Waals surface area contributed by atoms with E-state index in [9.17, 15) is 0 Å². The van der Waals surface area contributed by atoms with Crippen molar-refractivity contribution in [1.29, 1.82) is 0 Å². The van der Waals surface area contributed by atoms with Crippen molar-refractivity contribution in [3.05, 3.63) is 29.4 Å². The van der Waals surface area contributed by atoms with Crippen molar-refractivity contribution in [3.63, 3.8) is 0 Å². The highest BCUT2D eigenvalue weighted by Gasteiger charge is 2.13. The minimum atomic E-state index is -0.167. The SMILES string of the molecule is C/C(=C\c1nccnc1C)C(C)(C)C.CC(C)O.CCCC.OCC1CCCCCN1. The fourth-order valence-corrected chi connectivity index (χ4v) is 2.24. The number of aliphatic hydroxyl groups excluding tert-OH is 2. The molecule has 0 spiro atoms. The highest BCUT2D eigenvalue weighted by molar-refractivity contribution is 5.51. The maximum Gasteiger partial charge on any atom is 0.0841 e. The van der Waals surface area contributed by atoms with Crippen LogP contribution in [-0.4, -0.2) is 45.5 Å². The zero-order chi connectivity index (χ0) is 24.3. The summed E-state index contributed by atoms with van der Waals surface area (Å²) in [4.78, 5) is 8.50. The van der Waals surface area contributed by atoms with Gasteiger partial charge in [0.05, 0.1) is 18.0 Å². The summed E-state index contributed by atoms with van der Waals surface area (Å²) in [5, 5.41) is 20.1. The van der Waals surface area contributed by atoms with Gasteiger partial charge >= 0.3 is 0 Å². The molecule has 0 saturated carbocycles. The monoisotopic (exact) mass is 437 g/mol. The fraction of sp³-hybridized carbons (Fsp3) is 0.769. The lowest BCUT2D eigenvalue weighted by Crippen LogP contribution is -2.31. The molecule has 0 aliphatic carbocycles. The number of allylic oxidation sites excluding steroid dienone is 1. The summed E-state index contributed by atoms with van der Waals surface area (Å²) in [6.45, 7) is 19.9. The third-order valence-electron chi connectivity index (χ3n) is 4.84. The Morgan fingerprint density at radius 1 is 1.13 bits per heavy atom. The number of nitrogens with one attached hydrogen (secondary N) is 1. The van der Waals surface area contributed by atoms with E-state index in [1.165, 1.54) is 37.7 Å². The van der Waals surface area contributed by atoms with Crippen molar-refractivity contribution in [2.45, 2.75) is 113 Å². The van der Waals surface area contributed by atoms with Gasteiger partial charge in [-0.3, -0.25) is 9.97 Å². The summed E-state index contributed by atoms with van der Waals surface area (Å²) < 4.78 is 0. The van der Waals surface area contributed by atoms with Crippen LogP contribution in [0.15, 0.2) is 18.0 Å². The summed E-state index contributed by atoms with van der Waals surface area (Å²) in [6, 6.07) is 0.382. The second kappa shape index (κ2) is 19.4. The van der Waals surface area contributed by atoms with Crippen molar-refractivity contribution < 1.29 is 10.2 Å². The molecule has 0 bridgehead atoms. The molecule has 1 unspecified atom stereocenters. The van der Waals surface area contributed by atoms with E-state index in [1.54, 1.807) is 26.2 Å². The molecule has 0 aromatic carbocycles. The van der Waals surface area contributed by atoms with Crippen LogP contribution in [0.25, 0.3) is 6.08 Å². The van der Waals surface area contributed by atoms with Crippen LogP contribution in [0, 0.1) is 12.3 Å². The van der Waals surface area contributed by atoms with E-state index in [1.807, 2.05) is 6.92 Å². The molecule has 1 fully saturated rings. The quantitative estimate of drug-likeness (QED) is 0.545. The van der Waals surface area contributed by atoms with Crippen molar-refractivity contribution in [1.82, 2.24) is 15.3 Å². The molecular formula is C26H51N3O2. The fourth-order valence-electron chi connectivity index (χ4n) is 2.24. The Labute approximate surface area is 192 Å². The number of rotatable bonds is 3. The van der Waals surface area contributed by atoms with Gasteiger partial charge in [0.1, 0.15) is 0 Å². The minimum absolute atomic E-state index is 0.167. The molecule has 31 heavy (non-hydrogen) atoms. The first-order valence-electron chi connectivity index (χ1n) is 12.0. The molecule has 2 rings (SSSR count). The summed E-state index contributed by atoms with van der Waals surface area (Å²) in [5.41, 5.74) is 3.47. The maximum absolute atomic E-state index is 8.75. The van der Waals surface area contributed by atoms with E-state index in [0.717, 1.165) is 24.4 Å². The molecule has 2 heterocycles. The van der Waals surface area contributed by atoms with Crippen LogP contribution in [0.1, 0.15) is 105 Å². The lowest BCUT2D eigenvalue weighted by molar-refractivity contribution is 0.216. The van der Waals surface area contributed by atoms with Crippen LogP contribution in [0.3, 0.4) is 0 Å². The number of hydrogen-bond donors (Lipinski definition) is 3. The molecule has 182 valence electrons. The third kappa shape index (κ3) is 20.4. The number of nitrogens with zero attached hydrogens (tertiary/aromatic N) is 2. The number of unbranched alkanes of at least 4 members (excludes halogenated alkanes) is 1. The lowest BCUT2D eigenvalue weighted by atomic mass is 9.87. The third-order valence-corrected chi connectivity index (χ3v) is 4.84. The van der Waals surface area contributed by atoms with Gasteiger partial charge in [-0.05, 0) is 58.6 Å². The zero-order valence-electron chi connectivity index (χ0n) is 21.8. The average molecular weight is 438 g/mol. The molecule has 1 aromatic heterocycles. The Morgan fingerprint density at radius 2 is 1.68 bits per heavy atom. The zero-order valence-corrected chi connectivity index (χ0v) is 21.8. The summed E-state index contributed by atoms with van der Waals surface area (Å²) in [5.74, 6) is 0. The van der Waals surface area contributed by atoms with E-state index in [0.29, 0.717) is 12.6 Å². The van der Waals surface area contributed by atoms with Crippen molar-refractivity contribution in [2.75, 3.05) is 13.2 Å². The molecule has 5 nitrogen and oxygen atoms in total. The molecule has 5 heteroatoms. The van der Waals surface area contributed by atoms with Gasteiger partial charge < -0.3 is 15.5 Å². The smallest absolute Gasteiger partial charge is 0.0841 e. The second-order valence-electron chi connectivity index (χ2n) is 9.38. The molecule has 1 aromatic rings. The van der Waals surface area contributed by atoms with Gasteiger partial charge in [0.15, 0.2) is 0 Å². The van der Waals surface area contributed by atoms with Gasteiger partial charge in [0.25, 0.3) is 0 Å². The Bertz CT molecular complexity index is 553.